The molecular weight excluding hydrogens is 227 g/mol. The van der Waals surface area contributed by atoms with Crippen LogP contribution in [0.2, 0.25) is 0 Å². The average Bonchev–Trinajstić information content (AvgIpc) is 2.13. The van der Waals surface area contributed by atoms with Gasteiger partial charge < -0.3 is 10.6 Å². The lowest BCUT2D eigenvalue weighted by molar-refractivity contribution is 0.0814. The van der Waals surface area contributed by atoms with Gasteiger partial charge in [0.2, 0.25) is 0 Å². The van der Waals surface area contributed by atoms with Gasteiger partial charge in [0.15, 0.2) is 0 Å². The molecule has 16 heavy (non-hydrogen) atoms. The SMILES string of the molecule is Cc1cc(F)cc(C(=O)N(C)CC(N)=S)c1. The number of hydrogen-bond acceptors (Lipinski definition) is 2. The van der Waals surface area contributed by atoms with Gasteiger partial charge in [0.25, 0.3) is 5.91 Å². The second-order valence-electron chi connectivity index (χ2n) is 3.64. The number of rotatable bonds is 3. The molecule has 0 aliphatic heterocycles. The van der Waals surface area contributed by atoms with Crippen molar-refractivity contribution in [1.29, 1.82) is 0 Å². The Labute approximate surface area is 99.0 Å². The third kappa shape index (κ3) is 3.27. The van der Waals surface area contributed by atoms with Gasteiger partial charge in [-0.1, -0.05) is 12.2 Å². The number of halogens is 1. The molecule has 3 nitrogen and oxygen atoms in total. The van der Waals surface area contributed by atoms with Crippen LogP contribution in [0, 0.1) is 12.7 Å². The molecule has 0 aliphatic carbocycles. The van der Waals surface area contributed by atoms with Gasteiger partial charge in [-0.05, 0) is 30.7 Å². The highest BCUT2D eigenvalue weighted by Gasteiger charge is 2.13. The zero-order valence-corrected chi connectivity index (χ0v) is 9.97. The Morgan fingerprint density at radius 2 is 2.12 bits per heavy atom. The lowest BCUT2D eigenvalue weighted by Crippen LogP contribution is -2.34. The maximum atomic E-state index is 13.1. The molecule has 0 fully saturated rings. The summed E-state index contributed by atoms with van der Waals surface area (Å²) in [6, 6.07) is 4.19. The molecule has 0 aliphatic rings. The van der Waals surface area contributed by atoms with Gasteiger partial charge in [0.1, 0.15) is 5.82 Å². The van der Waals surface area contributed by atoms with Crippen LogP contribution < -0.4 is 5.73 Å². The van der Waals surface area contributed by atoms with Crippen molar-refractivity contribution in [2.45, 2.75) is 6.92 Å². The standard InChI is InChI=1S/C11H13FN2OS/c1-7-3-8(5-9(12)4-7)11(15)14(2)6-10(13)16/h3-5H,6H2,1-2H3,(H2,13,16). The Morgan fingerprint density at radius 3 is 2.62 bits per heavy atom. The predicted molar refractivity (Wildman–Crippen MR) is 64.9 cm³/mol. The van der Waals surface area contributed by atoms with Crippen LogP contribution in [0.3, 0.4) is 0 Å². The molecule has 0 radical (unpaired) electrons. The maximum Gasteiger partial charge on any atom is 0.254 e. The summed E-state index contributed by atoms with van der Waals surface area (Å²) in [5.74, 6) is -0.720. The first-order chi connectivity index (χ1) is 7.40. The van der Waals surface area contributed by atoms with Gasteiger partial charge in [-0.3, -0.25) is 4.79 Å². The van der Waals surface area contributed by atoms with E-state index >= 15 is 0 Å². The molecule has 1 rings (SSSR count). The average molecular weight is 240 g/mol. The minimum atomic E-state index is -0.424. The van der Waals surface area contributed by atoms with Crippen LogP contribution in [0.4, 0.5) is 4.39 Å². The Hall–Kier alpha value is -1.49. The molecule has 0 aromatic heterocycles. The van der Waals surface area contributed by atoms with E-state index in [2.05, 4.69) is 0 Å². The van der Waals surface area contributed by atoms with Crippen molar-refractivity contribution in [3.63, 3.8) is 0 Å². The van der Waals surface area contributed by atoms with Gasteiger partial charge in [0, 0.05) is 12.6 Å². The number of carbonyl (C=O) groups is 1. The Morgan fingerprint density at radius 1 is 1.50 bits per heavy atom. The molecule has 0 saturated heterocycles. The van der Waals surface area contributed by atoms with Crippen LogP contribution in [0.5, 0.6) is 0 Å². The third-order valence-corrected chi connectivity index (χ3v) is 2.16. The van der Waals surface area contributed by atoms with Crippen molar-refractivity contribution in [3.05, 3.63) is 35.1 Å². The van der Waals surface area contributed by atoms with Crippen molar-refractivity contribution in [3.8, 4) is 0 Å². The lowest BCUT2D eigenvalue weighted by Gasteiger charge is -2.16. The summed E-state index contributed by atoms with van der Waals surface area (Å²) in [5.41, 5.74) is 6.34. The van der Waals surface area contributed by atoms with Crippen molar-refractivity contribution in [1.82, 2.24) is 4.90 Å². The van der Waals surface area contributed by atoms with Gasteiger partial charge >= 0.3 is 0 Å². The summed E-state index contributed by atoms with van der Waals surface area (Å²) in [4.78, 5) is 13.4. The molecule has 2 N–H and O–H groups in total. The largest absolute Gasteiger partial charge is 0.392 e. The fraction of sp³-hybridized carbons (Fsp3) is 0.273. The van der Waals surface area contributed by atoms with Crippen molar-refractivity contribution in [2.75, 3.05) is 13.6 Å². The van der Waals surface area contributed by atoms with E-state index in [-0.39, 0.29) is 17.4 Å². The summed E-state index contributed by atoms with van der Waals surface area (Å²) in [6.45, 7) is 1.91. The number of thiocarbonyl (C=S) groups is 1. The van der Waals surface area contributed by atoms with Crippen LogP contribution in [0.1, 0.15) is 15.9 Å². The second kappa shape index (κ2) is 5.03. The second-order valence-corrected chi connectivity index (χ2v) is 4.17. The van der Waals surface area contributed by atoms with E-state index in [0.717, 1.165) is 0 Å². The van der Waals surface area contributed by atoms with E-state index < -0.39 is 5.82 Å². The Bertz CT molecular complexity index is 414. The highest BCUT2D eigenvalue weighted by molar-refractivity contribution is 7.80. The molecule has 0 bridgehead atoms. The van der Waals surface area contributed by atoms with Crippen molar-refractivity contribution >= 4 is 23.1 Å². The first kappa shape index (κ1) is 12.6. The summed E-state index contributed by atoms with van der Waals surface area (Å²) < 4.78 is 13.1. The number of amides is 1. The van der Waals surface area contributed by atoms with Gasteiger partial charge in [0.05, 0.1) is 11.5 Å². The molecule has 0 spiro atoms. The first-order valence-electron chi connectivity index (χ1n) is 4.71. The number of nitrogens with zero attached hydrogens (tertiary/aromatic N) is 1. The molecule has 5 heteroatoms. The third-order valence-electron chi connectivity index (χ3n) is 2.03. The van der Waals surface area contributed by atoms with Crippen LogP contribution in [-0.4, -0.2) is 29.4 Å². The zero-order chi connectivity index (χ0) is 12.3. The number of aryl methyl sites for hydroxylation is 1. The van der Waals surface area contributed by atoms with Gasteiger partial charge in [-0.15, -0.1) is 0 Å². The molecular formula is C11H13FN2OS. The van der Waals surface area contributed by atoms with E-state index in [0.29, 0.717) is 11.1 Å². The molecule has 1 aromatic carbocycles. The molecule has 1 aromatic rings. The highest BCUT2D eigenvalue weighted by atomic mass is 32.1. The smallest absolute Gasteiger partial charge is 0.254 e. The molecule has 0 heterocycles. The number of likely N-dealkylation sites (N-methyl/N-ethyl adjacent to an activating group) is 1. The lowest BCUT2D eigenvalue weighted by atomic mass is 10.1. The maximum absolute atomic E-state index is 13.1. The number of benzene rings is 1. The fourth-order valence-corrected chi connectivity index (χ4v) is 1.58. The van der Waals surface area contributed by atoms with E-state index in [1.165, 1.54) is 17.0 Å². The van der Waals surface area contributed by atoms with E-state index in [9.17, 15) is 9.18 Å². The summed E-state index contributed by atoms with van der Waals surface area (Å²) >= 11 is 4.70. The summed E-state index contributed by atoms with van der Waals surface area (Å²) in [5, 5.41) is 0. The minimum Gasteiger partial charge on any atom is -0.392 e. The summed E-state index contributed by atoms with van der Waals surface area (Å²) in [6.07, 6.45) is 0. The highest BCUT2D eigenvalue weighted by Crippen LogP contribution is 2.10. The number of carbonyl (C=O) groups excluding carboxylic acids is 1. The van der Waals surface area contributed by atoms with Crippen LogP contribution in [0.25, 0.3) is 0 Å². The minimum absolute atomic E-state index is 0.184. The van der Waals surface area contributed by atoms with E-state index in [1.807, 2.05) is 0 Å². The molecule has 0 saturated carbocycles. The predicted octanol–water partition coefficient (Wildman–Crippen LogP) is 1.49. The number of nitrogens with two attached hydrogens (primary N) is 1. The fourth-order valence-electron chi connectivity index (χ4n) is 1.39. The summed E-state index contributed by atoms with van der Waals surface area (Å²) in [7, 11) is 1.57. The monoisotopic (exact) mass is 240 g/mol. The van der Waals surface area contributed by atoms with E-state index in [1.54, 1.807) is 20.0 Å². The van der Waals surface area contributed by atoms with Gasteiger partial charge in [-0.25, -0.2) is 4.39 Å². The molecule has 0 atom stereocenters. The van der Waals surface area contributed by atoms with Crippen LogP contribution >= 0.6 is 12.2 Å². The molecule has 1 amide bonds. The van der Waals surface area contributed by atoms with Gasteiger partial charge in [-0.2, -0.15) is 0 Å². The quantitative estimate of drug-likeness (QED) is 0.814. The molecule has 0 unspecified atom stereocenters. The first-order valence-corrected chi connectivity index (χ1v) is 5.12. The van der Waals surface area contributed by atoms with Crippen molar-refractivity contribution in [2.24, 2.45) is 5.73 Å². The Kier molecular flexibility index (Phi) is 3.95. The topological polar surface area (TPSA) is 46.3 Å². The van der Waals surface area contributed by atoms with Crippen molar-refractivity contribution < 1.29 is 9.18 Å². The van der Waals surface area contributed by atoms with E-state index in [4.69, 9.17) is 18.0 Å². The number of hydrogen-bond donors (Lipinski definition) is 1. The zero-order valence-electron chi connectivity index (χ0n) is 9.16. The Balaban J connectivity index is 2.91. The molecule has 86 valence electrons. The normalized spacial score (nSPS) is 9.94. The van der Waals surface area contributed by atoms with Crippen LogP contribution in [-0.2, 0) is 0 Å². The van der Waals surface area contributed by atoms with Crippen LogP contribution in [0.15, 0.2) is 18.2 Å².